The number of para-hydroxylation sites is 1. The minimum absolute atomic E-state index is 0.120. The molecule has 2 heterocycles. The second-order valence-electron chi connectivity index (χ2n) is 9.90. The van der Waals surface area contributed by atoms with Crippen molar-refractivity contribution >= 4 is 16.8 Å². The highest BCUT2D eigenvalue weighted by atomic mass is 16.5. The Bertz CT molecular complexity index is 1120. The predicted molar refractivity (Wildman–Crippen MR) is 136 cm³/mol. The zero-order valence-corrected chi connectivity index (χ0v) is 20.6. The molecule has 6 nitrogen and oxygen atoms in total. The molecule has 1 amide bonds. The Hall–Kier alpha value is -2.99. The Morgan fingerprint density at radius 3 is 2.88 bits per heavy atom. The van der Waals surface area contributed by atoms with Gasteiger partial charge in [0.1, 0.15) is 11.5 Å². The number of fused-ring (bicyclic) bond motifs is 2. The van der Waals surface area contributed by atoms with Crippen molar-refractivity contribution in [3.05, 3.63) is 59.3 Å². The quantitative estimate of drug-likeness (QED) is 0.417. The van der Waals surface area contributed by atoms with E-state index >= 15 is 0 Å². The number of rotatable bonds is 9. The highest BCUT2D eigenvalue weighted by Gasteiger charge is 2.23. The van der Waals surface area contributed by atoms with Gasteiger partial charge in [0.05, 0.1) is 6.61 Å². The average Bonchev–Trinajstić information content (AvgIpc) is 3.16. The molecule has 0 saturated carbocycles. The van der Waals surface area contributed by atoms with Crippen LogP contribution in [-0.2, 0) is 24.3 Å². The van der Waals surface area contributed by atoms with Gasteiger partial charge < -0.3 is 25.0 Å². The Balaban J connectivity index is 1.41. The fourth-order valence-electron chi connectivity index (χ4n) is 4.76. The SMILES string of the molecule is CC(C)CN(Cc1cc(O)c2c(c1)OCCCC2)C(=O)C(C)CNCc1cccc2cc[nH]c12. The van der Waals surface area contributed by atoms with Crippen molar-refractivity contribution in [3.63, 3.8) is 0 Å². The van der Waals surface area contributed by atoms with E-state index in [1.807, 2.05) is 24.1 Å². The fourth-order valence-corrected chi connectivity index (χ4v) is 4.76. The summed E-state index contributed by atoms with van der Waals surface area (Å²) in [5.41, 5.74) is 4.13. The van der Waals surface area contributed by atoms with Gasteiger partial charge in [-0.1, -0.05) is 39.0 Å². The lowest BCUT2D eigenvalue weighted by atomic mass is 10.0. The monoisotopic (exact) mass is 463 g/mol. The molecule has 1 aliphatic rings. The Morgan fingerprint density at radius 1 is 1.21 bits per heavy atom. The molecule has 3 N–H and O–H groups in total. The summed E-state index contributed by atoms with van der Waals surface area (Å²) in [6, 6.07) is 12.1. The van der Waals surface area contributed by atoms with Gasteiger partial charge in [0.2, 0.25) is 5.91 Å². The van der Waals surface area contributed by atoms with Crippen molar-refractivity contribution in [2.45, 2.75) is 53.1 Å². The predicted octanol–water partition coefficient (Wildman–Crippen LogP) is 5.00. The van der Waals surface area contributed by atoms with Gasteiger partial charge in [0, 0.05) is 49.4 Å². The van der Waals surface area contributed by atoms with Crippen LogP contribution in [0.2, 0.25) is 0 Å². The molecule has 0 bridgehead atoms. The van der Waals surface area contributed by atoms with Crippen molar-refractivity contribution in [1.29, 1.82) is 0 Å². The number of amides is 1. The second kappa shape index (κ2) is 11.0. The molecule has 4 rings (SSSR count). The number of nitrogens with zero attached hydrogens (tertiary/aromatic N) is 1. The summed E-state index contributed by atoms with van der Waals surface area (Å²) in [4.78, 5) is 18.6. The zero-order valence-electron chi connectivity index (χ0n) is 20.6. The van der Waals surface area contributed by atoms with E-state index in [2.05, 4.69) is 48.4 Å². The van der Waals surface area contributed by atoms with Crippen LogP contribution in [0.4, 0.5) is 0 Å². The summed E-state index contributed by atoms with van der Waals surface area (Å²) >= 11 is 0. The topological polar surface area (TPSA) is 77.6 Å². The van der Waals surface area contributed by atoms with Crippen LogP contribution in [0.3, 0.4) is 0 Å². The Morgan fingerprint density at radius 2 is 2.06 bits per heavy atom. The molecule has 34 heavy (non-hydrogen) atoms. The number of H-pyrrole nitrogens is 1. The van der Waals surface area contributed by atoms with Gasteiger partial charge in [-0.25, -0.2) is 0 Å². The van der Waals surface area contributed by atoms with E-state index in [-0.39, 0.29) is 17.6 Å². The van der Waals surface area contributed by atoms with E-state index in [0.29, 0.717) is 38.7 Å². The standard InChI is InChI=1S/C28H37N3O3/c1-19(2)17-31(18-21-13-25(32)24-9-4-5-12-34-26(24)14-21)28(33)20(3)15-29-16-23-8-6-7-22-10-11-30-27(22)23/h6-8,10-11,13-14,19-20,29-30,32H,4-5,9,12,15-18H2,1-3H3. The van der Waals surface area contributed by atoms with Crippen molar-refractivity contribution in [3.8, 4) is 11.5 Å². The third-order valence-electron chi connectivity index (χ3n) is 6.46. The average molecular weight is 464 g/mol. The van der Waals surface area contributed by atoms with E-state index in [4.69, 9.17) is 4.74 Å². The van der Waals surface area contributed by atoms with Gasteiger partial charge in [0.15, 0.2) is 0 Å². The molecule has 0 aliphatic carbocycles. The molecule has 2 aromatic carbocycles. The second-order valence-corrected chi connectivity index (χ2v) is 9.90. The lowest BCUT2D eigenvalue weighted by Gasteiger charge is -2.28. The van der Waals surface area contributed by atoms with Crippen LogP contribution in [0.1, 0.15) is 50.3 Å². The minimum atomic E-state index is -0.160. The molecule has 1 aliphatic heterocycles. The van der Waals surface area contributed by atoms with E-state index in [1.54, 1.807) is 6.07 Å². The minimum Gasteiger partial charge on any atom is -0.508 e. The number of hydrogen-bond donors (Lipinski definition) is 3. The normalized spacial score (nSPS) is 14.5. The number of nitrogens with one attached hydrogen (secondary N) is 2. The molecule has 0 spiro atoms. The smallest absolute Gasteiger partial charge is 0.226 e. The highest BCUT2D eigenvalue weighted by molar-refractivity contribution is 5.82. The maximum atomic E-state index is 13.4. The van der Waals surface area contributed by atoms with E-state index < -0.39 is 0 Å². The van der Waals surface area contributed by atoms with E-state index in [9.17, 15) is 9.90 Å². The first kappa shape index (κ1) is 24.1. The summed E-state index contributed by atoms with van der Waals surface area (Å²) < 4.78 is 5.88. The van der Waals surface area contributed by atoms with Crippen LogP contribution in [0.25, 0.3) is 10.9 Å². The Kier molecular flexibility index (Phi) is 7.78. The van der Waals surface area contributed by atoms with Crippen molar-refractivity contribution in [2.75, 3.05) is 19.7 Å². The molecule has 1 atom stereocenters. The van der Waals surface area contributed by atoms with Gasteiger partial charge >= 0.3 is 0 Å². The lowest BCUT2D eigenvalue weighted by Crippen LogP contribution is -2.40. The van der Waals surface area contributed by atoms with Crippen molar-refractivity contribution < 1.29 is 14.6 Å². The van der Waals surface area contributed by atoms with Gasteiger partial charge in [-0.05, 0) is 59.9 Å². The molecule has 0 radical (unpaired) electrons. The summed E-state index contributed by atoms with van der Waals surface area (Å²) in [6.07, 6.45) is 4.79. The number of benzene rings is 2. The summed E-state index contributed by atoms with van der Waals surface area (Å²) in [5.74, 6) is 1.35. The van der Waals surface area contributed by atoms with Gasteiger partial charge in [-0.2, -0.15) is 0 Å². The highest BCUT2D eigenvalue weighted by Crippen LogP contribution is 2.34. The zero-order chi connectivity index (χ0) is 24.1. The molecule has 0 fully saturated rings. The summed E-state index contributed by atoms with van der Waals surface area (Å²) in [5, 5.41) is 15.3. The van der Waals surface area contributed by atoms with Crippen LogP contribution in [-0.4, -0.2) is 40.6 Å². The van der Waals surface area contributed by atoms with Gasteiger partial charge in [-0.15, -0.1) is 0 Å². The molecule has 182 valence electrons. The number of ether oxygens (including phenoxy) is 1. The number of carbonyl (C=O) groups excluding carboxylic acids is 1. The van der Waals surface area contributed by atoms with Crippen LogP contribution < -0.4 is 10.1 Å². The van der Waals surface area contributed by atoms with Gasteiger partial charge in [-0.3, -0.25) is 4.79 Å². The first-order valence-corrected chi connectivity index (χ1v) is 12.4. The summed E-state index contributed by atoms with van der Waals surface area (Å²) in [7, 11) is 0. The van der Waals surface area contributed by atoms with E-state index in [0.717, 1.165) is 41.7 Å². The van der Waals surface area contributed by atoms with Crippen LogP contribution in [0.5, 0.6) is 11.5 Å². The molecule has 6 heteroatoms. The fraction of sp³-hybridized carbons (Fsp3) is 0.464. The van der Waals surface area contributed by atoms with Crippen LogP contribution >= 0.6 is 0 Å². The number of aromatic amines is 1. The summed E-state index contributed by atoms with van der Waals surface area (Å²) in [6.45, 7) is 9.34. The Labute approximate surface area is 202 Å². The number of carbonyl (C=O) groups is 1. The molecule has 0 saturated heterocycles. The number of aromatic hydroxyl groups is 1. The molecule has 1 aromatic heterocycles. The van der Waals surface area contributed by atoms with E-state index in [1.165, 1.54) is 10.9 Å². The molecule has 3 aromatic rings. The number of hydrogen-bond acceptors (Lipinski definition) is 4. The first-order chi connectivity index (χ1) is 16.4. The molecular weight excluding hydrogens is 426 g/mol. The van der Waals surface area contributed by atoms with Gasteiger partial charge in [0.25, 0.3) is 0 Å². The molecular formula is C28H37N3O3. The third-order valence-corrected chi connectivity index (χ3v) is 6.46. The van der Waals surface area contributed by atoms with Crippen molar-refractivity contribution in [2.24, 2.45) is 11.8 Å². The van der Waals surface area contributed by atoms with Crippen LogP contribution in [0, 0.1) is 11.8 Å². The number of phenolic OH excluding ortho intramolecular Hbond substituents is 1. The number of phenols is 1. The lowest BCUT2D eigenvalue weighted by molar-refractivity contribution is -0.136. The van der Waals surface area contributed by atoms with Crippen LogP contribution in [0.15, 0.2) is 42.6 Å². The third kappa shape index (κ3) is 5.73. The maximum absolute atomic E-state index is 13.4. The molecule has 1 unspecified atom stereocenters. The largest absolute Gasteiger partial charge is 0.508 e. The maximum Gasteiger partial charge on any atom is 0.226 e. The van der Waals surface area contributed by atoms with Crippen molar-refractivity contribution in [1.82, 2.24) is 15.2 Å². The first-order valence-electron chi connectivity index (χ1n) is 12.4. The number of aromatic nitrogens is 1.